The van der Waals surface area contributed by atoms with Crippen LogP contribution in [0, 0.1) is 0 Å². The van der Waals surface area contributed by atoms with E-state index in [1.165, 1.54) is 11.3 Å². The van der Waals surface area contributed by atoms with Gasteiger partial charge in [0.05, 0.1) is 21.6 Å². The van der Waals surface area contributed by atoms with Crippen LogP contribution in [0.25, 0.3) is 10.2 Å². The molecule has 98 valence electrons. The van der Waals surface area contributed by atoms with Crippen LogP contribution < -0.4 is 11.1 Å². The number of nitrogens with one attached hydrogen (secondary N) is 1. The molecular formula is C11H12F3N3S. The van der Waals surface area contributed by atoms with Crippen molar-refractivity contribution < 1.29 is 13.2 Å². The van der Waals surface area contributed by atoms with Crippen molar-refractivity contribution in [2.24, 2.45) is 0 Å². The van der Waals surface area contributed by atoms with Crippen LogP contribution in [-0.4, -0.2) is 17.7 Å². The van der Waals surface area contributed by atoms with Crippen LogP contribution in [0.15, 0.2) is 17.6 Å². The van der Waals surface area contributed by atoms with Gasteiger partial charge in [-0.2, -0.15) is 13.2 Å². The third-order valence-corrected chi connectivity index (χ3v) is 3.29. The Morgan fingerprint density at radius 2 is 2.11 bits per heavy atom. The zero-order valence-electron chi connectivity index (χ0n) is 9.42. The summed E-state index contributed by atoms with van der Waals surface area (Å²) in [7, 11) is 0. The molecule has 1 heterocycles. The van der Waals surface area contributed by atoms with Crippen molar-refractivity contribution in [1.82, 2.24) is 4.98 Å². The fourth-order valence-electron chi connectivity index (χ4n) is 1.62. The molecule has 2 aromatic rings. The van der Waals surface area contributed by atoms with Gasteiger partial charge in [-0.25, -0.2) is 4.98 Å². The number of halogens is 3. The Morgan fingerprint density at radius 3 is 2.83 bits per heavy atom. The SMILES string of the molecule is Nc1c(NCCCC(F)(F)F)ccc2scnc12. The standard InChI is InChI=1S/C11H12F3N3S/c12-11(13,14)4-1-5-16-7-2-3-8-10(9(7)15)17-6-18-8/h2-3,6,16H,1,4-5,15H2. The molecule has 3 N–H and O–H groups in total. The van der Waals surface area contributed by atoms with E-state index in [1.807, 2.05) is 6.07 Å². The van der Waals surface area contributed by atoms with E-state index in [-0.39, 0.29) is 13.0 Å². The summed E-state index contributed by atoms with van der Waals surface area (Å²) in [5.41, 5.74) is 9.40. The highest BCUT2D eigenvalue weighted by atomic mass is 32.1. The first-order chi connectivity index (χ1) is 8.47. The number of hydrogen-bond acceptors (Lipinski definition) is 4. The Hall–Kier alpha value is -1.50. The van der Waals surface area contributed by atoms with E-state index in [0.717, 1.165) is 4.70 Å². The highest BCUT2D eigenvalue weighted by Gasteiger charge is 2.25. The molecule has 0 aliphatic rings. The second-order valence-corrected chi connectivity index (χ2v) is 4.76. The number of nitrogen functional groups attached to an aromatic ring is 1. The Labute approximate surface area is 106 Å². The van der Waals surface area contributed by atoms with E-state index in [2.05, 4.69) is 10.3 Å². The van der Waals surface area contributed by atoms with E-state index in [0.29, 0.717) is 16.9 Å². The minimum Gasteiger partial charge on any atom is -0.395 e. The average molecular weight is 275 g/mol. The Bertz CT molecular complexity index is 536. The molecular weight excluding hydrogens is 263 g/mol. The van der Waals surface area contributed by atoms with Crippen LogP contribution in [0.5, 0.6) is 0 Å². The van der Waals surface area contributed by atoms with Crippen LogP contribution in [0.3, 0.4) is 0 Å². The zero-order chi connectivity index (χ0) is 13.2. The smallest absolute Gasteiger partial charge is 0.389 e. The molecule has 7 heteroatoms. The molecule has 0 atom stereocenters. The van der Waals surface area contributed by atoms with E-state index in [4.69, 9.17) is 5.73 Å². The van der Waals surface area contributed by atoms with E-state index in [1.54, 1.807) is 11.6 Å². The molecule has 0 aliphatic heterocycles. The van der Waals surface area contributed by atoms with Crippen LogP contribution >= 0.6 is 11.3 Å². The van der Waals surface area contributed by atoms with Gasteiger partial charge in [-0.1, -0.05) is 0 Å². The van der Waals surface area contributed by atoms with Crippen molar-refractivity contribution in [3.8, 4) is 0 Å². The number of alkyl halides is 3. The lowest BCUT2D eigenvalue weighted by atomic mass is 10.2. The molecule has 0 saturated heterocycles. The molecule has 0 fully saturated rings. The number of thiazole rings is 1. The van der Waals surface area contributed by atoms with Gasteiger partial charge in [-0.15, -0.1) is 11.3 Å². The summed E-state index contributed by atoms with van der Waals surface area (Å²) in [6, 6.07) is 3.62. The summed E-state index contributed by atoms with van der Waals surface area (Å²) >= 11 is 1.47. The molecule has 18 heavy (non-hydrogen) atoms. The molecule has 3 nitrogen and oxygen atoms in total. The van der Waals surface area contributed by atoms with Crippen molar-refractivity contribution in [1.29, 1.82) is 0 Å². The normalized spacial score (nSPS) is 11.9. The number of nitrogens with zero attached hydrogens (tertiary/aromatic N) is 1. The Kier molecular flexibility index (Phi) is 3.60. The van der Waals surface area contributed by atoms with Gasteiger partial charge in [-0.3, -0.25) is 0 Å². The topological polar surface area (TPSA) is 50.9 Å². The number of benzene rings is 1. The van der Waals surface area contributed by atoms with Gasteiger partial charge in [0.2, 0.25) is 0 Å². The van der Waals surface area contributed by atoms with E-state index < -0.39 is 12.6 Å². The minimum atomic E-state index is -4.11. The first kappa shape index (κ1) is 12.9. The number of hydrogen-bond donors (Lipinski definition) is 2. The first-order valence-corrected chi connectivity index (χ1v) is 6.27. The molecule has 0 radical (unpaired) electrons. The van der Waals surface area contributed by atoms with Crippen molar-refractivity contribution in [2.75, 3.05) is 17.6 Å². The fraction of sp³-hybridized carbons (Fsp3) is 0.364. The average Bonchev–Trinajstić information content (AvgIpc) is 2.74. The quantitative estimate of drug-likeness (QED) is 0.661. The molecule has 0 spiro atoms. The molecule has 0 aliphatic carbocycles. The predicted molar refractivity (Wildman–Crippen MR) is 67.8 cm³/mol. The number of fused-ring (bicyclic) bond motifs is 1. The maximum absolute atomic E-state index is 12.0. The van der Waals surface area contributed by atoms with Gasteiger partial charge in [0.1, 0.15) is 5.52 Å². The molecule has 1 aromatic heterocycles. The van der Waals surface area contributed by atoms with Crippen LogP contribution in [0.2, 0.25) is 0 Å². The summed E-state index contributed by atoms with van der Waals surface area (Å²) in [5, 5.41) is 2.91. The Balaban J connectivity index is 1.97. The highest BCUT2D eigenvalue weighted by Crippen LogP contribution is 2.30. The van der Waals surface area contributed by atoms with E-state index >= 15 is 0 Å². The van der Waals surface area contributed by atoms with Gasteiger partial charge >= 0.3 is 6.18 Å². The van der Waals surface area contributed by atoms with Gasteiger partial charge in [0.15, 0.2) is 0 Å². The van der Waals surface area contributed by atoms with Crippen molar-refractivity contribution in [3.05, 3.63) is 17.6 Å². The lowest BCUT2D eigenvalue weighted by Crippen LogP contribution is -2.11. The number of anilines is 2. The molecule has 0 amide bonds. The summed E-state index contributed by atoms with van der Waals surface area (Å²) in [5.74, 6) is 0. The second-order valence-electron chi connectivity index (χ2n) is 3.87. The van der Waals surface area contributed by atoms with Crippen molar-refractivity contribution in [3.63, 3.8) is 0 Å². The van der Waals surface area contributed by atoms with Crippen LogP contribution in [0.4, 0.5) is 24.5 Å². The van der Waals surface area contributed by atoms with Crippen molar-refractivity contribution in [2.45, 2.75) is 19.0 Å². The van der Waals surface area contributed by atoms with Gasteiger partial charge in [0.25, 0.3) is 0 Å². The third kappa shape index (κ3) is 3.04. The monoisotopic (exact) mass is 275 g/mol. The fourth-order valence-corrected chi connectivity index (χ4v) is 2.31. The zero-order valence-corrected chi connectivity index (χ0v) is 10.2. The second kappa shape index (κ2) is 5.01. The third-order valence-electron chi connectivity index (χ3n) is 2.49. The predicted octanol–water partition coefficient (Wildman–Crippen LogP) is 3.63. The number of aromatic nitrogens is 1. The summed E-state index contributed by atoms with van der Waals surface area (Å²) < 4.78 is 36.9. The lowest BCUT2D eigenvalue weighted by molar-refractivity contribution is -0.134. The molecule has 0 unspecified atom stereocenters. The first-order valence-electron chi connectivity index (χ1n) is 5.40. The summed E-state index contributed by atoms with van der Waals surface area (Å²) in [4.78, 5) is 4.12. The lowest BCUT2D eigenvalue weighted by Gasteiger charge is -2.10. The highest BCUT2D eigenvalue weighted by molar-refractivity contribution is 7.16. The minimum absolute atomic E-state index is 0.0258. The maximum Gasteiger partial charge on any atom is 0.389 e. The summed E-state index contributed by atoms with van der Waals surface area (Å²) in [6.07, 6.45) is -4.87. The Morgan fingerprint density at radius 1 is 1.33 bits per heavy atom. The number of nitrogens with two attached hydrogens (primary N) is 1. The van der Waals surface area contributed by atoms with Gasteiger partial charge < -0.3 is 11.1 Å². The molecule has 0 saturated carbocycles. The van der Waals surface area contributed by atoms with Crippen molar-refractivity contribution >= 4 is 32.9 Å². The maximum atomic E-state index is 12.0. The molecule has 0 bridgehead atoms. The van der Waals surface area contributed by atoms with Crippen LogP contribution in [0.1, 0.15) is 12.8 Å². The van der Waals surface area contributed by atoms with Gasteiger partial charge in [0, 0.05) is 13.0 Å². The largest absolute Gasteiger partial charge is 0.395 e. The van der Waals surface area contributed by atoms with Gasteiger partial charge in [-0.05, 0) is 18.6 Å². The van der Waals surface area contributed by atoms with E-state index in [9.17, 15) is 13.2 Å². The molecule has 2 rings (SSSR count). The number of rotatable bonds is 4. The van der Waals surface area contributed by atoms with Crippen LogP contribution in [-0.2, 0) is 0 Å². The summed E-state index contributed by atoms with van der Waals surface area (Å²) in [6.45, 7) is 0.235. The molecule has 1 aromatic carbocycles.